The van der Waals surface area contributed by atoms with Crippen molar-refractivity contribution in [3.63, 3.8) is 0 Å². The molecule has 3 fully saturated rings. The zero-order valence-electron chi connectivity index (χ0n) is 13.4. The van der Waals surface area contributed by atoms with Crippen LogP contribution in [0.1, 0.15) is 51.9 Å². The van der Waals surface area contributed by atoms with Gasteiger partial charge in [-0.1, -0.05) is 0 Å². The van der Waals surface area contributed by atoms with Crippen molar-refractivity contribution in [1.82, 2.24) is 4.90 Å². The summed E-state index contributed by atoms with van der Waals surface area (Å²) in [5.41, 5.74) is 0. The van der Waals surface area contributed by atoms with Crippen LogP contribution in [0.25, 0.3) is 0 Å². The van der Waals surface area contributed by atoms with E-state index in [2.05, 4.69) is 0 Å². The highest BCUT2D eigenvalue weighted by Crippen LogP contribution is 2.43. The molecule has 0 radical (unpaired) electrons. The molecular weight excluding hydrogens is 282 g/mol. The highest BCUT2D eigenvalue weighted by molar-refractivity contribution is 6.05. The minimum Gasteiger partial charge on any atom is -0.381 e. The summed E-state index contributed by atoms with van der Waals surface area (Å²) < 4.78 is 5.36. The maximum absolute atomic E-state index is 12.7. The molecule has 22 heavy (non-hydrogen) atoms. The van der Waals surface area contributed by atoms with E-state index >= 15 is 0 Å². The predicted molar refractivity (Wildman–Crippen MR) is 79.9 cm³/mol. The lowest BCUT2D eigenvalue weighted by Crippen LogP contribution is -2.43. The fourth-order valence-electron chi connectivity index (χ4n) is 4.47. The van der Waals surface area contributed by atoms with E-state index in [1.165, 1.54) is 0 Å². The van der Waals surface area contributed by atoms with Crippen LogP contribution in [0.5, 0.6) is 0 Å². The third-order valence-corrected chi connectivity index (χ3v) is 5.88. The molecule has 2 amide bonds. The van der Waals surface area contributed by atoms with Gasteiger partial charge in [-0.2, -0.15) is 0 Å². The Labute approximate surface area is 131 Å². The van der Waals surface area contributed by atoms with Gasteiger partial charge in [0, 0.05) is 19.1 Å². The fraction of sp³-hybridized carbons (Fsp3) is 0.824. The molecule has 1 heterocycles. The fourth-order valence-corrected chi connectivity index (χ4v) is 4.47. The standard InChI is InChI=1S/C17H25NO4/c1-10(19)11-3-8-14-15(9-11)17(21)18(16(14)20)12-4-6-13(22-2)7-5-12/h11-15H,3-9H2,1-2H3. The van der Waals surface area contributed by atoms with E-state index in [1.807, 2.05) is 0 Å². The Kier molecular flexibility index (Phi) is 4.35. The molecule has 5 nitrogen and oxygen atoms in total. The second-order valence-corrected chi connectivity index (χ2v) is 7.05. The predicted octanol–water partition coefficient (Wildman–Crippen LogP) is 1.93. The molecule has 1 saturated heterocycles. The van der Waals surface area contributed by atoms with Gasteiger partial charge in [-0.3, -0.25) is 19.3 Å². The molecule has 0 aromatic rings. The van der Waals surface area contributed by atoms with Crippen LogP contribution in [-0.2, 0) is 19.1 Å². The van der Waals surface area contributed by atoms with Crippen LogP contribution in [-0.4, -0.2) is 41.8 Å². The summed E-state index contributed by atoms with van der Waals surface area (Å²) in [7, 11) is 1.72. The highest BCUT2D eigenvalue weighted by atomic mass is 16.5. The molecule has 1 aliphatic heterocycles. The molecule has 2 saturated carbocycles. The van der Waals surface area contributed by atoms with Gasteiger partial charge in [0.15, 0.2) is 0 Å². The SMILES string of the molecule is COC1CCC(N2C(=O)C3CCC(C(C)=O)CC3C2=O)CC1. The van der Waals surface area contributed by atoms with Gasteiger partial charge in [-0.05, 0) is 51.9 Å². The molecule has 3 rings (SSSR count). The summed E-state index contributed by atoms with van der Waals surface area (Å²) in [6, 6.07) is 0.0350. The number of rotatable bonds is 3. The van der Waals surface area contributed by atoms with Crippen molar-refractivity contribution >= 4 is 17.6 Å². The van der Waals surface area contributed by atoms with Gasteiger partial charge in [0.05, 0.1) is 17.9 Å². The Morgan fingerprint density at radius 2 is 1.64 bits per heavy atom. The lowest BCUT2D eigenvalue weighted by Gasteiger charge is -2.33. The Hall–Kier alpha value is -1.23. The van der Waals surface area contributed by atoms with Crippen molar-refractivity contribution in [2.45, 2.75) is 64.0 Å². The van der Waals surface area contributed by atoms with Gasteiger partial charge < -0.3 is 4.74 Å². The maximum Gasteiger partial charge on any atom is 0.233 e. The number of likely N-dealkylation sites (tertiary alicyclic amines) is 1. The molecule has 3 atom stereocenters. The number of amides is 2. The number of carbonyl (C=O) groups is 3. The lowest BCUT2D eigenvalue weighted by molar-refractivity contribution is -0.144. The topological polar surface area (TPSA) is 63.7 Å². The largest absolute Gasteiger partial charge is 0.381 e. The maximum atomic E-state index is 12.7. The Morgan fingerprint density at radius 3 is 2.23 bits per heavy atom. The van der Waals surface area contributed by atoms with Crippen molar-refractivity contribution < 1.29 is 19.1 Å². The minimum absolute atomic E-state index is 0.0119. The third-order valence-electron chi connectivity index (χ3n) is 5.88. The van der Waals surface area contributed by atoms with Crippen LogP contribution >= 0.6 is 0 Å². The van der Waals surface area contributed by atoms with Gasteiger partial charge in [0.1, 0.15) is 5.78 Å². The van der Waals surface area contributed by atoms with Crippen LogP contribution in [0, 0.1) is 17.8 Å². The van der Waals surface area contributed by atoms with Gasteiger partial charge in [-0.15, -0.1) is 0 Å². The summed E-state index contributed by atoms with van der Waals surface area (Å²) in [5, 5.41) is 0. The third kappa shape index (κ3) is 2.60. The van der Waals surface area contributed by atoms with E-state index in [4.69, 9.17) is 4.74 Å². The number of hydrogen-bond acceptors (Lipinski definition) is 4. The van der Waals surface area contributed by atoms with E-state index in [0.717, 1.165) is 32.1 Å². The van der Waals surface area contributed by atoms with Crippen LogP contribution in [0.3, 0.4) is 0 Å². The molecule has 0 aromatic heterocycles. The Morgan fingerprint density at radius 1 is 1.00 bits per heavy atom. The number of Topliss-reactive ketones (excluding diaryl/α,β-unsaturated/α-hetero) is 1. The number of ketones is 1. The van der Waals surface area contributed by atoms with Crippen molar-refractivity contribution in [3.8, 4) is 0 Å². The Balaban J connectivity index is 1.71. The van der Waals surface area contributed by atoms with Gasteiger partial charge in [0.2, 0.25) is 11.8 Å². The molecule has 122 valence electrons. The van der Waals surface area contributed by atoms with Crippen LogP contribution in [0.4, 0.5) is 0 Å². The zero-order valence-corrected chi connectivity index (χ0v) is 13.4. The van der Waals surface area contributed by atoms with Crippen LogP contribution < -0.4 is 0 Å². The lowest BCUT2D eigenvalue weighted by atomic mass is 9.74. The van der Waals surface area contributed by atoms with E-state index < -0.39 is 0 Å². The van der Waals surface area contributed by atoms with E-state index in [0.29, 0.717) is 12.8 Å². The van der Waals surface area contributed by atoms with Crippen LogP contribution in [0.2, 0.25) is 0 Å². The van der Waals surface area contributed by atoms with Gasteiger partial charge in [0.25, 0.3) is 0 Å². The molecule has 3 aliphatic rings. The van der Waals surface area contributed by atoms with E-state index in [1.54, 1.807) is 18.9 Å². The number of imide groups is 1. The zero-order chi connectivity index (χ0) is 15.9. The molecule has 0 spiro atoms. The average molecular weight is 307 g/mol. The molecule has 5 heteroatoms. The first-order chi connectivity index (χ1) is 10.5. The van der Waals surface area contributed by atoms with Crippen molar-refractivity contribution in [1.29, 1.82) is 0 Å². The minimum atomic E-state index is -0.254. The summed E-state index contributed by atoms with van der Waals surface area (Å²) in [6.45, 7) is 1.59. The molecule has 3 unspecified atom stereocenters. The number of nitrogens with zero attached hydrogens (tertiary/aromatic N) is 1. The van der Waals surface area contributed by atoms with Crippen molar-refractivity contribution in [2.75, 3.05) is 7.11 Å². The van der Waals surface area contributed by atoms with E-state index in [-0.39, 0.29) is 47.5 Å². The Bertz CT molecular complexity index is 481. The second kappa shape index (κ2) is 6.11. The van der Waals surface area contributed by atoms with Crippen molar-refractivity contribution in [3.05, 3.63) is 0 Å². The normalized spacial score (nSPS) is 39.0. The average Bonchev–Trinajstić information content (AvgIpc) is 2.78. The number of fused-ring (bicyclic) bond motifs is 1. The molecule has 0 bridgehead atoms. The molecular formula is C17H25NO4. The quantitative estimate of drug-likeness (QED) is 0.747. The molecule has 2 aliphatic carbocycles. The van der Waals surface area contributed by atoms with Gasteiger partial charge in [-0.25, -0.2) is 0 Å². The summed E-state index contributed by atoms with van der Waals surface area (Å²) in [5.74, 6) is -0.335. The first kappa shape index (κ1) is 15.7. The number of hydrogen-bond donors (Lipinski definition) is 0. The van der Waals surface area contributed by atoms with Crippen LogP contribution in [0.15, 0.2) is 0 Å². The smallest absolute Gasteiger partial charge is 0.233 e. The highest BCUT2D eigenvalue weighted by Gasteiger charge is 2.52. The van der Waals surface area contributed by atoms with Crippen molar-refractivity contribution in [2.24, 2.45) is 17.8 Å². The molecule has 0 N–H and O–H groups in total. The molecule has 0 aromatic carbocycles. The summed E-state index contributed by atoms with van der Waals surface area (Å²) in [4.78, 5) is 38.5. The monoisotopic (exact) mass is 307 g/mol. The number of ether oxygens (including phenoxy) is 1. The first-order valence-corrected chi connectivity index (χ1v) is 8.43. The summed E-state index contributed by atoms with van der Waals surface area (Å²) >= 11 is 0. The second-order valence-electron chi connectivity index (χ2n) is 7.05. The first-order valence-electron chi connectivity index (χ1n) is 8.43. The summed E-state index contributed by atoms with van der Waals surface area (Å²) in [6.07, 6.45) is 5.75. The number of carbonyl (C=O) groups excluding carboxylic acids is 3. The number of methoxy groups -OCH3 is 1. The van der Waals surface area contributed by atoms with Gasteiger partial charge >= 0.3 is 0 Å². The van der Waals surface area contributed by atoms with E-state index in [9.17, 15) is 14.4 Å².